The number of nitrogens with zero attached hydrogens (tertiary/aromatic N) is 2. The molecule has 2 fully saturated rings. The number of likely N-dealkylation sites (tertiary alicyclic amines) is 1. The molecule has 6 heteroatoms. The summed E-state index contributed by atoms with van der Waals surface area (Å²) < 4.78 is 5.58. The highest BCUT2D eigenvalue weighted by molar-refractivity contribution is 5.81. The first-order valence-electron chi connectivity index (χ1n) is 10.5. The van der Waals surface area contributed by atoms with Crippen molar-refractivity contribution < 1.29 is 9.21 Å². The van der Waals surface area contributed by atoms with Gasteiger partial charge in [0.15, 0.2) is 5.96 Å². The lowest BCUT2D eigenvalue weighted by atomic mass is 9.88. The van der Waals surface area contributed by atoms with Gasteiger partial charge in [0.05, 0.1) is 6.54 Å². The Labute approximate surface area is 162 Å². The first-order valence-corrected chi connectivity index (χ1v) is 10.5. The standard InChI is InChI=1S/C21H34N4O2/c1-4-22-21(23-13-18-12-15(2)27-16(18)3)24-19-10-11-25(14-19)20(26)17-8-6-5-7-9-17/h12,17,19H,4-11,13-14H2,1-3H3,(H2,22,23,24). The molecule has 6 nitrogen and oxygen atoms in total. The molecule has 1 aromatic heterocycles. The Morgan fingerprint density at radius 3 is 2.70 bits per heavy atom. The van der Waals surface area contributed by atoms with Crippen LogP contribution < -0.4 is 10.6 Å². The maximum absolute atomic E-state index is 12.7. The van der Waals surface area contributed by atoms with Gasteiger partial charge in [-0.25, -0.2) is 4.99 Å². The van der Waals surface area contributed by atoms with Gasteiger partial charge in [-0.15, -0.1) is 0 Å². The molecule has 27 heavy (non-hydrogen) atoms. The number of hydrogen-bond donors (Lipinski definition) is 2. The van der Waals surface area contributed by atoms with Crippen molar-refractivity contribution in [2.75, 3.05) is 19.6 Å². The SMILES string of the molecule is CCNC(=NCc1cc(C)oc1C)NC1CCN(C(=O)C2CCCCC2)C1. The molecule has 1 saturated carbocycles. The zero-order chi connectivity index (χ0) is 19.2. The van der Waals surface area contributed by atoms with Gasteiger partial charge in [-0.3, -0.25) is 4.79 Å². The van der Waals surface area contributed by atoms with Crippen molar-refractivity contribution in [2.45, 2.75) is 71.9 Å². The number of rotatable bonds is 5. The van der Waals surface area contributed by atoms with E-state index >= 15 is 0 Å². The van der Waals surface area contributed by atoms with Crippen molar-refractivity contribution in [3.63, 3.8) is 0 Å². The predicted molar refractivity (Wildman–Crippen MR) is 108 cm³/mol. The monoisotopic (exact) mass is 374 g/mol. The minimum absolute atomic E-state index is 0.256. The Hall–Kier alpha value is -1.98. The van der Waals surface area contributed by atoms with Crippen LogP contribution in [-0.2, 0) is 11.3 Å². The third-order valence-electron chi connectivity index (χ3n) is 5.69. The summed E-state index contributed by atoms with van der Waals surface area (Å²) >= 11 is 0. The number of furan rings is 1. The highest BCUT2D eigenvalue weighted by Crippen LogP contribution is 2.26. The van der Waals surface area contributed by atoms with E-state index in [1.54, 1.807) is 0 Å². The molecule has 150 valence electrons. The molecule has 1 unspecified atom stereocenters. The van der Waals surface area contributed by atoms with Crippen molar-refractivity contribution in [2.24, 2.45) is 10.9 Å². The van der Waals surface area contributed by atoms with Crippen LogP contribution in [0, 0.1) is 19.8 Å². The highest BCUT2D eigenvalue weighted by Gasteiger charge is 2.31. The summed E-state index contributed by atoms with van der Waals surface area (Å²) in [6, 6.07) is 2.31. The minimum atomic E-state index is 0.256. The molecule has 2 heterocycles. The lowest BCUT2D eigenvalue weighted by Crippen LogP contribution is -2.45. The van der Waals surface area contributed by atoms with E-state index in [1.807, 2.05) is 19.9 Å². The van der Waals surface area contributed by atoms with Crippen LogP contribution in [0.1, 0.15) is 62.5 Å². The van der Waals surface area contributed by atoms with E-state index in [9.17, 15) is 4.79 Å². The summed E-state index contributed by atoms with van der Waals surface area (Å²) in [6.45, 7) is 9.04. The first kappa shape index (κ1) is 19.8. The molecule has 1 atom stereocenters. The van der Waals surface area contributed by atoms with Crippen LogP contribution in [0.25, 0.3) is 0 Å². The molecule has 1 aromatic rings. The summed E-state index contributed by atoms with van der Waals surface area (Å²) in [5.41, 5.74) is 1.12. The number of carbonyl (C=O) groups excluding carboxylic acids is 1. The van der Waals surface area contributed by atoms with Crippen LogP contribution in [0.15, 0.2) is 15.5 Å². The fraction of sp³-hybridized carbons (Fsp3) is 0.714. The van der Waals surface area contributed by atoms with Gasteiger partial charge in [-0.1, -0.05) is 19.3 Å². The Morgan fingerprint density at radius 1 is 1.26 bits per heavy atom. The van der Waals surface area contributed by atoms with E-state index in [0.717, 1.165) is 61.9 Å². The zero-order valence-corrected chi connectivity index (χ0v) is 17.0. The van der Waals surface area contributed by atoms with Crippen molar-refractivity contribution in [1.82, 2.24) is 15.5 Å². The number of aryl methyl sites for hydroxylation is 2. The normalized spacial score (nSPS) is 21.5. The average Bonchev–Trinajstić information content (AvgIpc) is 3.26. The Morgan fingerprint density at radius 2 is 2.04 bits per heavy atom. The Balaban J connectivity index is 1.54. The summed E-state index contributed by atoms with van der Waals surface area (Å²) in [5, 5.41) is 6.83. The van der Waals surface area contributed by atoms with Crippen LogP contribution in [0.5, 0.6) is 0 Å². The number of aliphatic imine (C=N–C) groups is 1. The van der Waals surface area contributed by atoms with Crippen molar-refractivity contribution >= 4 is 11.9 Å². The molecule has 0 bridgehead atoms. The second kappa shape index (κ2) is 9.29. The van der Waals surface area contributed by atoms with Gasteiger partial charge in [0.1, 0.15) is 11.5 Å². The maximum atomic E-state index is 12.7. The van der Waals surface area contributed by atoms with Gasteiger partial charge in [-0.05, 0) is 46.1 Å². The number of guanidine groups is 1. The van der Waals surface area contributed by atoms with Crippen LogP contribution in [-0.4, -0.2) is 42.4 Å². The molecule has 1 aliphatic carbocycles. The quantitative estimate of drug-likeness (QED) is 0.614. The molecule has 1 amide bonds. The first-order chi connectivity index (χ1) is 13.1. The second-order valence-electron chi connectivity index (χ2n) is 7.88. The Kier molecular flexibility index (Phi) is 6.80. The highest BCUT2D eigenvalue weighted by atomic mass is 16.3. The van der Waals surface area contributed by atoms with E-state index in [2.05, 4.69) is 22.5 Å². The van der Waals surface area contributed by atoms with Gasteiger partial charge in [0.25, 0.3) is 0 Å². The summed E-state index contributed by atoms with van der Waals surface area (Å²) in [4.78, 5) is 19.5. The molecule has 3 rings (SSSR count). The van der Waals surface area contributed by atoms with Gasteiger partial charge in [-0.2, -0.15) is 0 Å². The average molecular weight is 375 g/mol. The van der Waals surface area contributed by atoms with Crippen LogP contribution in [0.3, 0.4) is 0 Å². The molecule has 0 aromatic carbocycles. The van der Waals surface area contributed by atoms with Crippen LogP contribution in [0.4, 0.5) is 0 Å². The number of hydrogen-bond acceptors (Lipinski definition) is 3. The molecule has 0 spiro atoms. The molecule has 2 N–H and O–H groups in total. The summed E-state index contributed by atoms with van der Waals surface area (Å²) in [6.07, 6.45) is 6.81. The van der Waals surface area contributed by atoms with Crippen molar-refractivity contribution in [1.29, 1.82) is 0 Å². The number of carbonyl (C=O) groups is 1. The summed E-state index contributed by atoms with van der Waals surface area (Å²) in [5.74, 6) is 3.28. The number of nitrogens with one attached hydrogen (secondary N) is 2. The third kappa shape index (κ3) is 5.27. The molecule has 1 saturated heterocycles. The minimum Gasteiger partial charge on any atom is -0.466 e. The third-order valence-corrected chi connectivity index (χ3v) is 5.69. The van der Waals surface area contributed by atoms with Gasteiger partial charge < -0.3 is 20.0 Å². The molecule has 2 aliphatic rings. The van der Waals surface area contributed by atoms with Crippen LogP contribution >= 0.6 is 0 Å². The lowest BCUT2D eigenvalue weighted by molar-refractivity contribution is -0.135. The molecular formula is C21H34N4O2. The zero-order valence-electron chi connectivity index (χ0n) is 17.0. The van der Waals surface area contributed by atoms with E-state index in [0.29, 0.717) is 12.5 Å². The summed E-state index contributed by atoms with van der Waals surface area (Å²) in [7, 11) is 0. The smallest absolute Gasteiger partial charge is 0.225 e. The van der Waals surface area contributed by atoms with Crippen molar-refractivity contribution in [3.8, 4) is 0 Å². The molecule has 1 aliphatic heterocycles. The van der Waals surface area contributed by atoms with E-state index in [4.69, 9.17) is 9.41 Å². The molecular weight excluding hydrogens is 340 g/mol. The predicted octanol–water partition coefficient (Wildman–Crippen LogP) is 3.13. The largest absolute Gasteiger partial charge is 0.466 e. The van der Waals surface area contributed by atoms with Crippen molar-refractivity contribution in [3.05, 3.63) is 23.2 Å². The fourth-order valence-electron chi connectivity index (χ4n) is 4.20. The van der Waals surface area contributed by atoms with Crippen LogP contribution in [0.2, 0.25) is 0 Å². The fourth-order valence-corrected chi connectivity index (χ4v) is 4.20. The Bertz CT molecular complexity index is 661. The maximum Gasteiger partial charge on any atom is 0.225 e. The topological polar surface area (TPSA) is 69.9 Å². The van der Waals surface area contributed by atoms with E-state index < -0.39 is 0 Å². The van der Waals surface area contributed by atoms with Gasteiger partial charge in [0.2, 0.25) is 5.91 Å². The van der Waals surface area contributed by atoms with E-state index in [1.165, 1.54) is 19.3 Å². The second-order valence-corrected chi connectivity index (χ2v) is 7.88. The van der Waals surface area contributed by atoms with Gasteiger partial charge >= 0.3 is 0 Å². The number of amides is 1. The molecule has 0 radical (unpaired) electrons. The van der Waals surface area contributed by atoms with E-state index in [-0.39, 0.29) is 12.0 Å². The lowest BCUT2D eigenvalue weighted by Gasteiger charge is -2.26. The van der Waals surface area contributed by atoms with Gasteiger partial charge in [0, 0.05) is 37.2 Å².